The number of aryl methyl sites for hydroxylation is 1. The molecule has 0 radical (unpaired) electrons. The van der Waals surface area contributed by atoms with E-state index in [0.717, 1.165) is 14.8 Å². The number of aromatic nitrogens is 3. The van der Waals surface area contributed by atoms with Gasteiger partial charge in [0.2, 0.25) is 8.41 Å². The minimum Gasteiger partial charge on any atom is -0.396 e. The molecule has 4 rings (SSSR count). The molecule has 0 unspecified atom stereocenters. The van der Waals surface area contributed by atoms with E-state index < -0.39 is 20.1 Å². The summed E-state index contributed by atoms with van der Waals surface area (Å²) in [6, 6.07) is 5.79. The molecule has 10 heteroatoms. The number of hydrogen-bond donors (Lipinski definition) is 2. The fourth-order valence-electron chi connectivity index (χ4n) is 5.04. The van der Waals surface area contributed by atoms with Crippen molar-refractivity contribution in [3.8, 4) is 0 Å². The molecule has 7 nitrogen and oxygen atoms in total. The van der Waals surface area contributed by atoms with Crippen molar-refractivity contribution in [2.45, 2.75) is 56.7 Å². The van der Waals surface area contributed by atoms with Crippen LogP contribution in [0.1, 0.15) is 24.6 Å². The van der Waals surface area contributed by atoms with Crippen LogP contribution in [0.3, 0.4) is 0 Å². The number of halogens is 2. The van der Waals surface area contributed by atoms with Crippen LogP contribution < -0.4 is 5.32 Å². The van der Waals surface area contributed by atoms with E-state index in [9.17, 15) is 4.79 Å². The Morgan fingerprint density at radius 3 is 2.90 bits per heavy atom. The number of aliphatic hydroxyl groups is 1. The Balaban J connectivity index is 1.64. The van der Waals surface area contributed by atoms with Gasteiger partial charge in [-0.3, -0.25) is 9.48 Å². The van der Waals surface area contributed by atoms with Gasteiger partial charge in [-0.2, -0.15) is 0 Å². The van der Waals surface area contributed by atoms with Crippen LogP contribution in [0.15, 0.2) is 24.4 Å². The standard InChI is InChI=1S/C20H26FIN4O3Si/c1-12-18(30(2,3)21)17(6-8-26-11-14(7-9-27)24-25-26)29-20(12)15-10-13(22)4-5-16(15)23-19(20)28/h4-5,10-12,17-18,27H,6-9H2,1-3H3,(H,23,28)/t12-,17+,18-,20+/m0/s1. The molecule has 0 saturated carbocycles. The van der Waals surface area contributed by atoms with E-state index in [1.807, 2.05) is 25.1 Å². The van der Waals surface area contributed by atoms with E-state index in [0.29, 0.717) is 25.1 Å². The second kappa shape index (κ2) is 7.95. The van der Waals surface area contributed by atoms with Crippen molar-refractivity contribution in [3.63, 3.8) is 0 Å². The summed E-state index contributed by atoms with van der Waals surface area (Å²) >= 11 is 2.22. The van der Waals surface area contributed by atoms with E-state index in [4.69, 9.17) is 9.84 Å². The molecule has 1 saturated heterocycles. The molecule has 1 fully saturated rings. The lowest BCUT2D eigenvalue weighted by Crippen LogP contribution is -2.42. The van der Waals surface area contributed by atoms with Crippen molar-refractivity contribution in [2.75, 3.05) is 11.9 Å². The number of aliphatic hydroxyl groups excluding tert-OH is 1. The number of anilines is 1. The van der Waals surface area contributed by atoms with Crippen molar-refractivity contribution in [2.24, 2.45) is 5.92 Å². The van der Waals surface area contributed by atoms with E-state index in [2.05, 4.69) is 38.2 Å². The first kappa shape index (κ1) is 21.8. The molecule has 1 spiro atoms. The highest BCUT2D eigenvalue weighted by molar-refractivity contribution is 14.1. The molecular weight excluding hydrogens is 518 g/mol. The molecule has 2 aliphatic rings. The van der Waals surface area contributed by atoms with Gasteiger partial charge >= 0.3 is 0 Å². The number of rotatable bonds is 6. The number of carbonyl (C=O) groups is 1. The van der Waals surface area contributed by atoms with Crippen LogP contribution in [0.5, 0.6) is 0 Å². The van der Waals surface area contributed by atoms with Gasteiger partial charge in [0.15, 0.2) is 5.60 Å². The normalized spacial score (nSPS) is 28.2. The van der Waals surface area contributed by atoms with Crippen LogP contribution in [-0.4, -0.2) is 47.1 Å². The van der Waals surface area contributed by atoms with Crippen LogP contribution in [-0.2, 0) is 28.1 Å². The maximum absolute atomic E-state index is 15.5. The number of ether oxygens (including phenoxy) is 1. The minimum atomic E-state index is -3.14. The minimum absolute atomic E-state index is 0.0154. The predicted molar refractivity (Wildman–Crippen MR) is 121 cm³/mol. The van der Waals surface area contributed by atoms with E-state index in [1.54, 1.807) is 24.0 Å². The Kier molecular flexibility index (Phi) is 5.79. The van der Waals surface area contributed by atoms with Gasteiger partial charge in [0.1, 0.15) is 0 Å². The molecule has 1 aromatic heterocycles. The zero-order valence-electron chi connectivity index (χ0n) is 17.2. The smallest absolute Gasteiger partial charge is 0.261 e. The van der Waals surface area contributed by atoms with Gasteiger partial charge < -0.3 is 19.3 Å². The number of nitrogens with zero attached hydrogens (tertiary/aromatic N) is 3. The van der Waals surface area contributed by atoms with Gasteiger partial charge in [-0.1, -0.05) is 12.1 Å². The predicted octanol–water partition coefficient (Wildman–Crippen LogP) is 3.23. The molecule has 0 aliphatic carbocycles. The Labute approximate surface area is 189 Å². The number of fused-ring (bicyclic) bond motifs is 2. The lowest BCUT2D eigenvalue weighted by Gasteiger charge is -2.30. The largest absolute Gasteiger partial charge is 0.396 e. The molecule has 30 heavy (non-hydrogen) atoms. The lowest BCUT2D eigenvalue weighted by molar-refractivity contribution is -0.143. The summed E-state index contributed by atoms with van der Waals surface area (Å²) in [6.45, 7) is 5.86. The fraction of sp³-hybridized carbons (Fsp3) is 0.550. The van der Waals surface area contributed by atoms with E-state index in [-0.39, 0.29) is 24.0 Å². The summed E-state index contributed by atoms with van der Waals surface area (Å²) in [6.07, 6.45) is 2.37. The highest BCUT2D eigenvalue weighted by Crippen LogP contribution is 2.58. The second-order valence-electron chi connectivity index (χ2n) is 8.65. The van der Waals surface area contributed by atoms with Crippen LogP contribution >= 0.6 is 22.6 Å². The number of nitrogens with one attached hydrogen (secondary N) is 1. The summed E-state index contributed by atoms with van der Waals surface area (Å²) in [5.74, 6) is -0.488. The van der Waals surface area contributed by atoms with Crippen LogP contribution in [0.25, 0.3) is 0 Å². The molecule has 1 aromatic carbocycles. The highest BCUT2D eigenvalue weighted by Gasteiger charge is 2.65. The summed E-state index contributed by atoms with van der Waals surface area (Å²) in [5, 5.41) is 20.1. The highest BCUT2D eigenvalue weighted by atomic mass is 127. The molecule has 4 atom stereocenters. The zero-order valence-corrected chi connectivity index (χ0v) is 20.4. The van der Waals surface area contributed by atoms with Crippen molar-refractivity contribution in [3.05, 3.63) is 39.2 Å². The van der Waals surface area contributed by atoms with Gasteiger partial charge in [-0.15, -0.1) is 5.10 Å². The molecule has 0 bridgehead atoms. The number of hydrogen-bond acceptors (Lipinski definition) is 5. The van der Waals surface area contributed by atoms with Gasteiger partial charge in [-0.05, 0) is 60.3 Å². The topological polar surface area (TPSA) is 89.3 Å². The first-order valence-corrected chi connectivity index (χ1v) is 14.2. The van der Waals surface area contributed by atoms with Crippen molar-refractivity contribution >= 4 is 42.6 Å². The molecule has 2 aromatic rings. The average molecular weight is 544 g/mol. The average Bonchev–Trinajstić information content (AvgIpc) is 3.31. The SMILES string of the molecule is C[C@H]1[C@H]([Si](C)(C)F)[C@@H](CCn2cc(CCO)nn2)O[C@]12C(=O)Nc1ccc(I)cc12. The number of carbonyl (C=O) groups excluding carboxylic acids is 1. The summed E-state index contributed by atoms with van der Waals surface area (Å²) in [4.78, 5) is 13.1. The monoisotopic (exact) mass is 544 g/mol. The summed E-state index contributed by atoms with van der Waals surface area (Å²) < 4.78 is 24.7. The van der Waals surface area contributed by atoms with Gasteiger partial charge in [-0.25, -0.2) is 0 Å². The zero-order chi connectivity index (χ0) is 21.7. The first-order chi connectivity index (χ1) is 14.2. The van der Waals surface area contributed by atoms with Crippen molar-refractivity contribution in [1.29, 1.82) is 0 Å². The first-order valence-electron chi connectivity index (χ1n) is 10.1. The summed E-state index contributed by atoms with van der Waals surface area (Å²) in [5.41, 5.74) is 0.781. The third-order valence-electron chi connectivity index (χ3n) is 6.27. The van der Waals surface area contributed by atoms with Crippen LogP contribution in [0.4, 0.5) is 9.80 Å². The molecule has 2 aliphatic heterocycles. The maximum atomic E-state index is 15.5. The third kappa shape index (κ3) is 3.61. The second-order valence-corrected chi connectivity index (χ2v) is 13.7. The maximum Gasteiger partial charge on any atom is 0.261 e. The molecular formula is C20H26FIN4O3Si. The Morgan fingerprint density at radius 1 is 1.43 bits per heavy atom. The van der Waals surface area contributed by atoms with Gasteiger partial charge in [0.05, 0.1) is 11.8 Å². The van der Waals surface area contributed by atoms with Crippen LogP contribution in [0.2, 0.25) is 18.6 Å². The summed E-state index contributed by atoms with van der Waals surface area (Å²) in [7, 11) is -3.14. The van der Waals surface area contributed by atoms with E-state index in [1.165, 1.54) is 0 Å². The Hall–Kier alpha value is -1.37. The Morgan fingerprint density at radius 2 is 2.20 bits per heavy atom. The quantitative estimate of drug-likeness (QED) is 0.331. The van der Waals surface area contributed by atoms with Gasteiger partial charge in [0.25, 0.3) is 5.91 Å². The van der Waals surface area contributed by atoms with E-state index >= 15 is 4.11 Å². The number of amides is 1. The third-order valence-corrected chi connectivity index (χ3v) is 9.40. The lowest BCUT2D eigenvalue weighted by atomic mass is 9.82. The van der Waals surface area contributed by atoms with Crippen LogP contribution in [0, 0.1) is 9.49 Å². The van der Waals surface area contributed by atoms with Crippen molar-refractivity contribution < 1.29 is 18.7 Å². The van der Waals surface area contributed by atoms with Gasteiger partial charge in [0, 0.05) is 52.0 Å². The Bertz CT molecular complexity index is 966. The fourth-order valence-corrected chi connectivity index (χ4v) is 8.08. The number of benzene rings is 1. The molecule has 162 valence electrons. The molecule has 3 heterocycles. The molecule has 2 N–H and O–H groups in total. The van der Waals surface area contributed by atoms with Crippen molar-refractivity contribution in [1.82, 2.24) is 15.0 Å². The molecule has 1 amide bonds.